The van der Waals surface area contributed by atoms with E-state index in [1.165, 1.54) is 23.3 Å². The van der Waals surface area contributed by atoms with Crippen molar-refractivity contribution < 1.29 is 13.9 Å². The minimum atomic E-state index is -0.321. The molecular weight excluding hydrogens is 445 g/mol. The number of piperidine rings is 1. The minimum absolute atomic E-state index is 0.0466. The number of nitrogens with one attached hydrogen (secondary N) is 1. The van der Waals surface area contributed by atoms with Gasteiger partial charge in [0.15, 0.2) is 0 Å². The van der Waals surface area contributed by atoms with Crippen LogP contribution in [-0.4, -0.2) is 34.5 Å². The fraction of sp³-hybridized carbons (Fsp3) is 0.357. The summed E-state index contributed by atoms with van der Waals surface area (Å²) in [5.41, 5.74) is 2.75. The van der Waals surface area contributed by atoms with E-state index in [4.69, 9.17) is 4.74 Å². The Morgan fingerprint density at radius 2 is 1.77 bits per heavy atom. The molecule has 1 aliphatic heterocycles. The molecule has 0 unspecified atom stereocenters. The van der Waals surface area contributed by atoms with Gasteiger partial charge in [0.2, 0.25) is 5.91 Å². The Morgan fingerprint density at radius 1 is 1.06 bits per heavy atom. The van der Waals surface area contributed by atoms with Gasteiger partial charge in [-0.15, -0.1) is 0 Å². The molecule has 0 atom stereocenters. The molecular formula is C28H32FN3O3. The summed E-state index contributed by atoms with van der Waals surface area (Å²) in [5.74, 6) is 0.156. The molecule has 0 bridgehead atoms. The van der Waals surface area contributed by atoms with Gasteiger partial charge < -0.3 is 14.6 Å². The van der Waals surface area contributed by atoms with Gasteiger partial charge in [0.25, 0.3) is 5.56 Å². The van der Waals surface area contributed by atoms with Crippen LogP contribution in [0.25, 0.3) is 0 Å². The van der Waals surface area contributed by atoms with Gasteiger partial charge in [-0.1, -0.05) is 42.5 Å². The number of carbonyl (C=O) groups is 1. The highest BCUT2D eigenvalue weighted by Crippen LogP contribution is 2.16. The predicted molar refractivity (Wildman–Crippen MR) is 134 cm³/mol. The first-order chi connectivity index (χ1) is 17.0. The lowest BCUT2D eigenvalue weighted by molar-refractivity contribution is -0.119. The molecule has 184 valence electrons. The van der Waals surface area contributed by atoms with Crippen molar-refractivity contribution in [3.8, 4) is 5.75 Å². The van der Waals surface area contributed by atoms with Gasteiger partial charge in [-0.2, -0.15) is 0 Å². The van der Waals surface area contributed by atoms with E-state index < -0.39 is 0 Å². The molecule has 1 fully saturated rings. The van der Waals surface area contributed by atoms with Crippen LogP contribution < -0.4 is 15.6 Å². The topological polar surface area (TPSA) is 63.6 Å². The Kier molecular flexibility index (Phi) is 8.32. The average molecular weight is 478 g/mol. The van der Waals surface area contributed by atoms with Gasteiger partial charge in [0.1, 0.15) is 18.2 Å². The third-order valence-corrected chi connectivity index (χ3v) is 6.39. The molecule has 1 saturated heterocycles. The molecule has 1 aromatic heterocycles. The zero-order chi connectivity index (χ0) is 24.6. The molecule has 2 heterocycles. The summed E-state index contributed by atoms with van der Waals surface area (Å²) >= 11 is 0. The summed E-state index contributed by atoms with van der Waals surface area (Å²) < 4.78 is 21.0. The molecule has 0 saturated carbocycles. The van der Waals surface area contributed by atoms with Gasteiger partial charge >= 0.3 is 0 Å². The van der Waals surface area contributed by atoms with E-state index >= 15 is 0 Å². The quantitative estimate of drug-likeness (QED) is 0.508. The van der Waals surface area contributed by atoms with Gasteiger partial charge in [0.05, 0.1) is 0 Å². The fourth-order valence-corrected chi connectivity index (χ4v) is 4.38. The predicted octanol–water partition coefficient (Wildman–Crippen LogP) is 3.91. The number of ether oxygens (including phenoxy) is 1. The number of hydrogen-bond acceptors (Lipinski definition) is 4. The minimum Gasteiger partial charge on any atom is -0.489 e. The normalized spacial score (nSPS) is 14.6. The maximum absolute atomic E-state index is 13.7. The van der Waals surface area contributed by atoms with Gasteiger partial charge in [-0.05, 0) is 42.5 Å². The Hall–Kier alpha value is -3.45. The van der Waals surface area contributed by atoms with Crippen molar-refractivity contribution in [1.29, 1.82) is 0 Å². The van der Waals surface area contributed by atoms with Crippen LogP contribution in [0, 0.1) is 5.82 Å². The molecule has 6 nitrogen and oxygen atoms in total. The third-order valence-electron chi connectivity index (χ3n) is 6.39. The van der Waals surface area contributed by atoms with E-state index in [9.17, 15) is 14.0 Å². The molecule has 3 aromatic rings. The second-order valence-corrected chi connectivity index (χ2v) is 9.09. The molecule has 35 heavy (non-hydrogen) atoms. The van der Waals surface area contributed by atoms with Crippen LogP contribution in [-0.2, 0) is 30.9 Å². The number of likely N-dealkylation sites (tertiary alicyclic amines) is 1. The lowest BCUT2D eigenvalue weighted by atomic mass is 10.0. The Labute approximate surface area is 205 Å². The van der Waals surface area contributed by atoms with Crippen LogP contribution in [0.4, 0.5) is 4.39 Å². The second kappa shape index (κ2) is 11.8. The maximum atomic E-state index is 13.7. The molecule has 0 aliphatic carbocycles. The number of rotatable bonds is 9. The standard InChI is InChI=1S/C28H32FN3O3/c1-21(33)30-25-11-14-31(15-12-25)19-23-8-6-22(7-9-23)10-16-32-17-13-26(18-28(32)34)35-20-24-4-2-3-5-27(24)29/h2-9,13,17-18,25H,10-12,14-16,19-20H2,1H3,(H,30,33). The molecule has 1 aliphatic rings. The third kappa shape index (κ3) is 7.26. The Balaban J connectivity index is 1.24. The first kappa shape index (κ1) is 24.7. The number of benzene rings is 2. The molecule has 0 radical (unpaired) electrons. The second-order valence-electron chi connectivity index (χ2n) is 9.09. The Morgan fingerprint density at radius 3 is 2.46 bits per heavy atom. The molecule has 7 heteroatoms. The molecule has 1 N–H and O–H groups in total. The zero-order valence-electron chi connectivity index (χ0n) is 20.1. The van der Waals surface area contributed by atoms with E-state index in [0.717, 1.165) is 38.9 Å². The number of amides is 1. The van der Waals surface area contributed by atoms with Crippen molar-refractivity contribution in [2.24, 2.45) is 0 Å². The number of aromatic nitrogens is 1. The summed E-state index contributed by atoms with van der Waals surface area (Å²) in [5, 5.41) is 3.01. The summed E-state index contributed by atoms with van der Waals surface area (Å²) in [6.45, 7) is 5.09. The largest absolute Gasteiger partial charge is 0.489 e. The number of pyridine rings is 1. The van der Waals surface area contributed by atoms with Crippen molar-refractivity contribution in [1.82, 2.24) is 14.8 Å². The van der Waals surface area contributed by atoms with Crippen molar-refractivity contribution >= 4 is 5.91 Å². The van der Waals surface area contributed by atoms with Crippen LogP contribution >= 0.6 is 0 Å². The first-order valence-electron chi connectivity index (χ1n) is 12.1. The number of nitrogens with zero attached hydrogens (tertiary/aromatic N) is 2. The van der Waals surface area contributed by atoms with Crippen LogP contribution in [0.2, 0.25) is 0 Å². The number of carbonyl (C=O) groups excluding carboxylic acids is 1. The van der Waals surface area contributed by atoms with Crippen LogP contribution in [0.5, 0.6) is 5.75 Å². The number of hydrogen-bond donors (Lipinski definition) is 1. The zero-order valence-corrected chi connectivity index (χ0v) is 20.1. The first-order valence-corrected chi connectivity index (χ1v) is 12.1. The van der Waals surface area contributed by atoms with Crippen LogP contribution in [0.1, 0.15) is 36.5 Å². The molecule has 4 rings (SSSR count). The summed E-state index contributed by atoms with van der Waals surface area (Å²) in [4.78, 5) is 26.1. The van der Waals surface area contributed by atoms with Crippen LogP contribution in [0.15, 0.2) is 71.7 Å². The molecule has 2 aromatic carbocycles. The highest BCUT2D eigenvalue weighted by molar-refractivity contribution is 5.73. The van der Waals surface area contributed by atoms with Crippen molar-refractivity contribution in [3.63, 3.8) is 0 Å². The Bertz CT molecular complexity index is 1180. The van der Waals surface area contributed by atoms with E-state index in [-0.39, 0.29) is 23.9 Å². The number of halogens is 1. The highest BCUT2D eigenvalue weighted by atomic mass is 19.1. The van der Waals surface area contributed by atoms with Gasteiger partial charge in [-0.25, -0.2) is 4.39 Å². The van der Waals surface area contributed by atoms with E-state index in [0.29, 0.717) is 23.9 Å². The average Bonchev–Trinajstić information content (AvgIpc) is 2.85. The van der Waals surface area contributed by atoms with Gasteiger partial charge in [0, 0.05) is 57.0 Å². The monoisotopic (exact) mass is 477 g/mol. The summed E-state index contributed by atoms with van der Waals surface area (Å²) in [6, 6.07) is 18.5. The van der Waals surface area contributed by atoms with Crippen molar-refractivity contribution in [2.45, 2.75) is 51.9 Å². The molecule has 0 spiro atoms. The fourth-order valence-electron chi connectivity index (χ4n) is 4.38. The van der Waals surface area contributed by atoms with E-state index in [1.807, 2.05) is 0 Å². The van der Waals surface area contributed by atoms with Crippen molar-refractivity contribution in [2.75, 3.05) is 13.1 Å². The lowest BCUT2D eigenvalue weighted by Crippen LogP contribution is -2.43. The summed E-state index contributed by atoms with van der Waals surface area (Å²) in [7, 11) is 0. The lowest BCUT2D eigenvalue weighted by Gasteiger charge is -2.32. The smallest absolute Gasteiger partial charge is 0.254 e. The summed E-state index contributed by atoms with van der Waals surface area (Å²) in [6.07, 6.45) is 4.44. The van der Waals surface area contributed by atoms with E-state index in [1.54, 1.807) is 42.0 Å². The van der Waals surface area contributed by atoms with E-state index in [2.05, 4.69) is 34.5 Å². The SMILES string of the molecule is CC(=O)NC1CCN(Cc2ccc(CCn3ccc(OCc4ccccc4F)cc3=O)cc2)CC1. The molecule has 1 amide bonds. The number of aryl methyl sites for hydroxylation is 2. The highest BCUT2D eigenvalue weighted by Gasteiger charge is 2.19. The maximum Gasteiger partial charge on any atom is 0.254 e. The van der Waals surface area contributed by atoms with Gasteiger partial charge in [-0.3, -0.25) is 14.5 Å². The van der Waals surface area contributed by atoms with Crippen LogP contribution in [0.3, 0.4) is 0 Å². The van der Waals surface area contributed by atoms with Crippen molar-refractivity contribution in [3.05, 3.63) is 99.7 Å².